The summed E-state index contributed by atoms with van der Waals surface area (Å²) in [6.07, 6.45) is 1.62. The average molecular weight is 421 g/mol. The number of carbonyl (C=O) groups excluding carboxylic acids is 3. The number of likely N-dealkylation sites (tertiary alicyclic amines) is 1. The van der Waals surface area contributed by atoms with E-state index in [-0.39, 0.29) is 23.7 Å². The third kappa shape index (κ3) is 4.79. The molecular formula is C25H28N2O4. The maximum atomic E-state index is 13.1. The Morgan fingerprint density at radius 3 is 2.45 bits per heavy atom. The lowest BCUT2D eigenvalue weighted by molar-refractivity contribution is -0.161. The van der Waals surface area contributed by atoms with E-state index in [1.807, 2.05) is 68.1 Å². The smallest absolute Gasteiger partial charge is 0.309 e. The fraction of sp³-hybridized carbons (Fsp3) is 0.400. The third-order valence-electron chi connectivity index (χ3n) is 5.70. The van der Waals surface area contributed by atoms with E-state index in [1.54, 1.807) is 0 Å². The number of fused-ring (bicyclic) bond motifs is 1. The molecule has 0 saturated carbocycles. The van der Waals surface area contributed by atoms with Crippen molar-refractivity contribution in [2.45, 2.75) is 45.6 Å². The fourth-order valence-electron chi connectivity index (χ4n) is 4.13. The van der Waals surface area contributed by atoms with E-state index in [0.29, 0.717) is 37.9 Å². The number of nitrogens with zero attached hydrogens (tertiary/aromatic N) is 1. The first-order valence-corrected chi connectivity index (χ1v) is 10.7. The number of carbonyl (C=O) groups is 3. The number of rotatable bonds is 3. The van der Waals surface area contributed by atoms with Gasteiger partial charge in [0.1, 0.15) is 5.60 Å². The molecule has 0 spiro atoms. The summed E-state index contributed by atoms with van der Waals surface area (Å²) in [6.45, 7) is 6.68. The van der Waals surface area contributed by atoms with Crippen LogP contribution in [0.5, 0.6) is 0 Å². The molecule has 2 amide bonds. The molecule has 1 fully saturated rings. The minimum Gasteiger partial charge on any atom is -0.460 e. The second-order valence-electron chi connectivity index (χ2n) is 9.28. The van der Waals surface area contributed by atoms with E-state index in [9.17, 15) is 14.4 Å². The van der Waals surface area contributed by atoms with E-state index in [0.717, 1.165) is 22.4 Å². The molecule has 2 aromatic rings. The van der Waals surface area contributed by atoms with Crippen LogP contribution in [0.3, 0.4) is 0 Å². The highest BCUT2D eigenvalue weighted by Crippen LogP contribution is 2.30. The minimum absolute atomic E-state index is 0.00543. The third-order valence-corrected chi connectivity index (χ3v) is 5.70. The molecule has 2 aromatic carbocycles. The van der Waals surface area contributed by atoms with E-state index in [2.05, 4.69) is 5.32 Å². The number of amides is 2. The summed E-state index contributed by atoms with van der Waals surface area (Å²) in [4.78, 5) is 38.8. The van der Waals surface area contributed by atoms with Crippen molar-refractivity contribution in [3.05, 3.63) is 53.6 Å². The zero-order chi connectivity index (χ0) is 22.2. The van der Waals surface area contributed by atoms with Crippen LogP contribution in [0.2, 0.25) is 0 Å². The highest BCUT2D eigenvalue weighted by atomic mass is 16.6. The zero-order valence-corrected chi connectivity index (χ0v) is 18.2. The maximum Gasteiger partial charge on any atom is 0.309 e. The number of ether oxygens (including phenoxy) is 1. The van der Waals surface area contributed by atoms with E-state index in [4.69, 9.17) is 4.74 Å². The van der Waals surface area contributed by atoms with Gasteiger partial charge in [0.15, 0.2) is 0 Å². The van der Waals surface area contributed by atoms with Crippen molar-refractivity contribution in [1.29, 1.82) is 0 Å². The van der Waals surface area contributed by atoms with Gasteiger partial charge in [-0.1, -0.05) is 18.2 Å². The highest BCUT2D eigenvalue weighted by molar-refractivity contribution is 6.00. The molecule has 162 valence electrons. The SMILES string of the molecule is CC(C)(C)OC(=O)C1CCN(C(=O)c2cccc(-c3ccc4c(c3)CC(=O)N4)c2)CC1. The molecule has 2 aliphatic heterocycles. The molecule has 0 aromatic heterocycles. The van der Waals surface area contributed by atoms with Gasteiger partial charge in [0.25, 0.3) is 5.91 Å². The summed E-state index contributed by atoms with van der Waals surface area (Å²) in [5, 5.41) is 2.84. The quantitative estimate of drug-likeness (QED) is 0.761. The Hall–Kier alpha value is -3.15. The highest BCUT2D eigenvalue weighted by Gasteiger charge is 2.31. The van der Waals surface area contributed by atoms with E-state index >= 15 is 0 Å². The predicted octanol–water partition coefficient (Wildman–Crippen LogP) is 4.04. The van der Waals surface area contributed by atoms with Gasteiger partial charge in [-0.3, -0.25) is 14.4 Å². The summed E-state index contributed by atoms with van der Waals surface area (Å²) in [6, 6.07) is 13.4. The van der Waals surface area contributed by atoms with Gasteiger partial charge in [0, 0.05) is 24.3 Å². The molecule has 4 rings (SSSR count). The summed E-state index contributed by atoms with van der Waals surface area (Å²) >= 11 is 0. The van der Waals surface area contributed by atoms with Crippen molar-refractivity contribution >= 4 is 23.5 Å². The first kappa shape index (κ1) is 21.1. The molecule has 1 saturated heterocycles. The van der Waals surface area contributed by atoms with Crippen molar-refractivity contribution < 1.29 is 19.1 Å². The van der Waals surface area contributed by atoms with Crippen molar-refractivity contribution in [3.63, 3.8) is 0 Å². The number of anilines is 1. The van der Waals surface area contributed by atoms with Crippen LogP contribution in [-0.4, -0.2) is 41.4 Å². The lowest BCUT2D eigenvalue weighted by atomic mass is 9.95. The van der Waals surface area contributed by atoms with Crippen molar-refractivity contribution in [3.8, 4) is 11.1 Å². The number of hydrogen-bond acceptors (Lipinski definition) is 4. The summed E-state index contributed by atoms with van der Waals surface area (Å²) in [5.74, 6) is -0.350. The van der Waals surface area contributed by atoms with Gasteiger partial charge in [0.2, 0.25) is 5.91 Å². The number of hydrogen-bond donors (Lipinski definition) is 1. The standard InChI is InChI=1S/C25H28N2O4/c1-25(2,3)31-24(30)16-9-11-27(12-10-16)23(29)19-6-4-5-17(13-19)18-7-8-21-20(14-18)15-22(28)26-21/h4-8,13-14,16H,9-12,15H2,1-3H3,(H,26,28). The number of nitrogens with one attached hydrogen (secondary N) is 1. The molecule has 6 heteroatoms. The van der Waals surface area contributed by atoms with Crippen LogP contribution in [-0.2, 0) is 20.7 Å². The number of benzene rings is 2. The Bertz CT molecular complexity index is 1030. The van der Waals surface area contributed by atoms with E-state index in [1.165, 1.54) is 0 Å². The topological polar surface area (TPSA) is 75.7 Å². The van der Waals surface area contributed by atoms with Crippen molar-refractivity contribution in [2.75, 3.05) is 18.4 Å². The van der Waals surface area contributed by atoms with Crippen LogP contribution in [0.25, 0.3) is 11.1 Å². The van der Waals surface area contributed by atoms with Gasteiger partial charge in [-0.15, -0.1) is 0 Å². The summed E-state index contributed by atoms with van der Waals surface area (Å²) < 4.78 is 5.49. The molecule has 2 heterocycles. The van der Waals surface area contributed by atoms with Gasteiger partial charge in [-0.05, 0) is 74.6 Å². The molecule has 1 N–H and O–H groups in total. The molecule has 0 atom stereocenters. The molecule has 0 aliphatic carbocycles. The zero-order valence-electron chi connectivity index (χ0n) is 18.2. The van der Waals surface area contributed by atoms with Gasteiger partial charge in [-0.25, -0.2) is 0 Å². The molecule has 31 heavy (non-hydrogen) atoms. The largest absolute Gasteiger partial charge is 0.460 e. The minimum atomic E-state index is -0.495. The Kier molecular flexibility index (Phi) is 5.56. The van der Waals surface area contributed by atoms with Crippen LogP contribution in [0, 0.1) is 5.92 Å². The van der Waals surface area contributed by atoms with Crippen LogP contribution in [0.1, 0.15) is 49.5 Å². The molecule has 6 nitrogen and oxygen atoms in total. The average Bonchev–Trinajstić information content (AvgIpc) is 3.11. The van der Waals surface area contributed by atoms with Crippen LogP contribution in [0.4, 0.5) is 5.69 Å². The molecule has 0 unspecified atom stereocenters. The van der Waals surface area contributed by atoms with Gasteiger partial charge in [-0.2, -0.15) is 0 Å². The van der Waals surface area contributed by atoms with Crippen LogP contribution >= 0.6 is 0 Å². The normalized spacial score (nSPS) is 16.6. The maximum absolute atomic E-state index is 13.1. The molecular weight excluding hydrogens is 392 g/mol. The Balaban J connectivity index is 1.43. The van der Waals surface area contributed by atoms with Gasteiger partial charge >= 0.3 is 5.97 Å². The van der Waals surface area contributed by atoms with Crippen LogP contribution in [0.15, 0.2) is 42.5 Å². The lowest BCUT2D eigenvalue weighted by Gasteiger charge is -2.32. The van der Waals surface area contributed by atoms with Crippen LogP contribution < -0.4 is 5.32 Å². The fourth-order valence-corrected chi connectivity index (χ4v) is 4.13. The van der Waals surface area contributed by atoms with Gasteiger partial charge in [0.05, 0.1) is 12.3 Å². The Morgan fingerprint density at radius 1 is 1.03 bits per heavy atom. The van der Waals surface area contributed by atoms with Crippen molar-refractivity contribution in [1.82, 2.24) is 4.90 Å². The van der Waals surface area contributed by atoms with Crippen molar-refractivity contribution in [2.24, 2.45) is 5.92 Å². The molecule has 0 bridgehead atoms. The predicted molar refractivity (Wildman–Crippen MR) is 119 cm³/mol. The van der Waals surface area contributed by atoms with E-state index < -0.39 is 5.60 Å². The lowest BCUT2D eigenvalue weighted by Crippen LogP contribution is -2.41. The second kappa shape index (κ2) is 8.17. The Labute approximate surface area is 182 Å². The molecule has 0 radical (unpaired) electrons. The van der Waals surface area contributed by atoms with Gasteiger partial charge < -0.3 is 15.0 Å². The monoisotopic (exact) mass is 420 g/mol. The summed E-state index contributed by atoms with van der Waals surface area (Å²) in [7, 11) is 0. The Morgan fingerprint density at radius 2 is 1.74 bits per heavy atom. The first-order chi connectivity index (χ1) is 14.7. The second-order valence-corrected chi connectivity index (χ2v) is 9.28. The summed E-state index contributed by atoms with van der Waals surface area (Å²) in [5.41, 5.74) is 3.89. The first-order valence-electron chi connectivity index (χ1n) is 10.7. The molecule has 2 aliphatic rings. The number of piperidine rings is 1. The number of esters is 1.